The number of rotatable bonds is 3. The van der Waals surface area contributed by atoms with Crippen molar-refractivity contribution in [3.05, 3.63) is 42.9 Å². The molecule has 3 heterocycles. The summed E-state index contributed by atoms with van der Waals surface area (Å²) in [6, 6.07) is 5.96. The van der Waals surface area contributed by atoms with Gasteiger partial charge in [-0.1, -0.05) is 11.6 Å². The van der Waals surface area contributed by atoms with E-state index in [2.05, 4.69) is 32.0 Å². The Balaban J connectivity index is 1.92. The molecule has 0 saturated carbocycles. The minimum Gasteiger partial charge on any atom is -0.329 e. The Morgan fingerprint density at radius 1 is 1.47 bits per heavy atom. The topological polar surface area (TPSA) is 33.6 Å². The average Bonchev–Trinajstić information content (AvgIpc) is 2.89. The predicted octanol–water partition coefficient (Wildman–Crippen LogP) is 4.81. The quantitative estimate of drug-likeness (QED) is 0.667. The molecule has 3 nitrogen and oxygen atoms in total. The molecule has 1 N–H and O–H groups in total. The van der Waals surface area contributed by atoms with Gasteiger partial charge < -0.3 is 9.55 Å². The van der Waals surface area contributed by atoms with Gasteiger partial charge >= 0.3 is 0 Å². The van der Waals surface area contributed by atoms with E-state index < -0.39 is 0 Å². The summed E-state index contributed by atoms with van der Waals surface area (Å²) >= 11 is 16.3. The first-order valence-corrected chi connectivity index (χ1v) is 8.01. The molecule has 98 valence electrons. The third-order valence-corrected chi connectivity index (χ3v) is 4.83. The van der Waals surface area contributed by atoms with Crippen LogP contribution < -0.4 is 0 Å². The second-order valence-corrected chi connectivity index (χ2v) is 7.16. The van der Waals surface area contributed by atoms with Crippen LogP contribution in [0.25, 0.3) is 11.2 Å². The number of pyridine rings is 1. The maximum absolute atomic E-state index is 5.93. The number of H-pyrrole nitrogens is 1. The molecule has 0 aliphatic rings. The fourth-order valence-electron chi connectivity index (χ4n) is 1.93. The van der Waals surface area contributed by atoms with E-state index >= 15 is 0 Å². The monoisotopic (exact) mass is 373 g/mol. The number of aromatic amines is 1. The molecule has 3 rings (SSSR count). The molecule has 0 fully saturated rings. The van der Waals surface area contributed by atoms with E-state index in [9.17, 15) is 0 Å². The largest absolute Gasteiger partial charge is 0.329 e. The summed E-state index contributed by atoms with van der Waals surface area (Å²) in [6.07, 6.45) is 2.68. The van der Waals surface area contributed by atoms with Crippen molar-refractivity contribution in [2.75, 3.05) is 0 Å². The molecule has 19 heavy (non-hydrogen) atoms. The molecule has 0 saturated heterocycles. The SMILES string of the molecule is S=c1[nH]c2cc(Br)cnc2n1CCc1ccc(Cl)s1. The van der Waals surface area contributed by atoms with Gasteiger partial charge in [0.1, 0.15) is 0 Å². The van der Waals surface area contributed by atoms with Crippen LogP contribution in [0.2, 0.25) is 4.34 Å². The number of aryl methyl sites for hydroxylation is 2. The van der Waals surface area contributed by atoms with Gasteiger partial charge in [0, 0.05) is 22.1 Å². The van der Waals surface area contributed by atoms with Crippen molar-refractivity contribution in [3.63, 3.8) is 0 Å². The summed E-state index contributed by atoms with van der Waals surface area (Å²) in [5, 5.41) is 0. The van der Waals surface area contributed by atoms with Gasteiger partial charge in [-0.05, 0) is 52.8 Å². The second kappa shape index (κ2) is 5.36. The summed E-state index contributed by atoms with van der Waals surface area (Å²) in [5.74, 6) is 0. The van der Waals surface area contributed by atoms with Gasteiger partial charge in [-0.2, -0.15) is 0 Å². The number of fused-ring (bicyclic) bond motifs is 1. The highest BCUT2D eigenvalue weighted by atomic mass is 79.9. The van der Waals surface area contributed by atoms with Gasteiger partial charge in [0.05, 0.1) is 9.85 Å². The van der Waals surface area contributed by atoms with Crippen LogP contribution in [-0.4, -0.2) is 14.5 Å². The van der Waals surface area contributed by atoms with Crippen LogP contribution in [0.1, 0.15) is 4.88 Å². The van der Waals surface area contributed by atoms with Crippen LogP contribution >= 0.6 is 51.1 Å². The molecule has 0 atom stereocenters. The van der Waals surface area contributed by atoms with Crippen LogP contribution in [0.3, 0.4) is 0 Å². The summed E-state index contributed by atoms with van der Waals surface area (Å²) in [4.78, 5) is 8.83. The maximum atomic E-state index is 5.93. The van der Waals surface area contributed by atoms with Crippen molar-refractivity contribution < 1.29 is 0 Å². The summed E-state index contributed by atoms with van der Waals surface area (Å²) < 4.78 is 4.47. The Labute approximate surface area is 132 Å². The summed E-state index contributed by atoms with van der Waals surface area (Å²) in [6.45, 7) is 0.796. The molecular formula is C12H9BrClN3S2. The molecule has 3 aromatic heterocycles. The molecule has 0 aromatic carbocycles. The van der Waals surface area contributed by atoms with E-state index in [4.69, 9.17) is 23.8 Å². The third-order valence-electron chi connectivity index (χ3n) is 2.79. The van der Waals surface area contributed by atoms with Gasteiger partial charge in [0.2, 0.25) is 0 Å². The summed E-state index contributed by atoms with van der Waals surface area (Å²) in [7, 11) is 0. The number of thiophene rings is 1. The fraction of sp³-hybridized carbons (Fsp3) is 0.167. The molecule has 0 aliphatic carbocycles. The minimum atomic E-state index is 0.697. The number of aromatic nitrogens is 3. The van der Waals surface area contributed by atoms with Gasteiger partial charge in [0.15, 0.2) is 10.4 Å². The van der Waals surface area contributed by atoms with Crippen molar-refractivity contribution >= 4 is 62.2 Å². The molecule has 3 aromatic rings. The minimum absolute atomic E-state index is 0.697. The van der Waals surface area contributed by atoms with Crippen molar-refractivity contribution in [2.24, 2.45) is 0 Å². The predicted molar refractivity (Wildman–Crippen MR) is 85.7 cm³/mol. The second-order valence-electron chi connectivity index (χ2n) is 4.06. The first-order valence-electron chi connectivity index (χ1n) is 5.62. The van der Waals surface area contributed by atoms with Crippen molar-refractivity contribution in [2.45, 2.75) is 13.0 Å². The molecule has 0 bridgehead atoms. The van der Waals surface area contributed by atoms with Gasteiger partial charge in [0.25, 0.3) is 0 Å². The Bertz CT molecular complexity index is 790. The Hall–Kier alpha value is -0.690. The van der Waals surface area contributed by atoms with Crippen molar-refractivity contribution in [1.29, 1.82) is 0 Å². The van der Waals surface area contributed by atoms with Gasteiger partial charge in [-0.25, -0.2) is 4.98 Å². The van der Waals surface area contributed by atoms with Gasteiger partial charge in [-0.3, -0.25) is 0 Å². The van der Waals surface area contributed by atoms with Gasteiger partial charge in [-0.15, -0.1) is 11.3 Å². The van der Waals surface area contributed by atoms with E-state index in [1.54, 1.807) is 17.5 Å². The smallest absolute Gasteiger partial charge is 0.179 e. The normalized spacial score (nSPS) is 11.3. The van der Waals surface area contributed by atoms with E-state index in [-0.39, 0.29) is 0 Å². The lowest BCUT2D eigenvalue weighted by Crippen LogP contribution is -2.01. The van der Waals surface area contributed by atoms with Crippen LogP contribution in [0.4, 0.5) is 0 Å². The number of imidazole rings is 1. The van der Waals surface area contributed by atoms with Crippen molar-refractivity contribution in [1.82, 2.24) is 14.5 Å². The fourth-order valence-corrected chi connectivity index (χ4v) is 3.63. The number of hydrogen-bond donors (Lipinski definition) is 1. The highest BCUT2D eigenvalue weighted by Gasteiger charge is 2.07. The zero-order valence-corrected chi connectivity index (χ0v) is 13.7. The van der Waals surface area contributed by atoms with Crippen molar-refractivity contribution in [3.8, 4) is 0 Å². The first-order chi connectivity index (χ1) is 9.13. The first kappa shape index (κ1) is 13.3. The molecule has 0 aliphatic heterocycles. The van der Waals surface area contributed by atoms with E-state index in [1.807, 2.05) is 16.7 Å². The zero-order valence-electron chi connectivity index (χ0n) is 9.69. The number of nitrogens with zero attached hydrogens (tertiary/aromatic N) is 2. The average molecular weight is 375 g/mol. The highest BCUT2D eigenvalue weighted by molar-refractivity contribution is 9.10. The maximum Gasteiger partial charge on any atom is 0.179 e. The Morgan fingerprint density at radius 3 is 3.05 bits per heavy atom. The third kappa shape index (κ3) is 2.76. The van der Waals surface area contributed by atoms with Crippen LogP contribution in [0.15, 0.2) is 28.9 Å². The molecule has 7 heteroatoms. The molecule has 0 radical (unpaired) electrons. The lowest BCUT2D eigenvalue weighted by molar-refractivity contribution is 0.706. The summed E-state index contributed by atoms with van der Waals surface area (Å²) in [5.41, 5.74) is 1.83. The standard InChI is InChI=1S/C12H9BrClN3S2/c13-7-5-9-11(15-6-7)17(12(18)16-9)4-3-8-1-2-10(14)19-8/h1-2,5-6H,3-4H2,(H,16,18). The Morgan fingerprint density at radius 2 is 2.32 bits per heavy atom. The van der Waals surface area contributed by atoms with E-state index in [0.717, 1.165) is 32.9 Å². The van der Waals surface area contributed by atoms with Crippen LogP contribution in [-0.2, 0) is 13.0 Å². The zero-order chi connectivity index (χ0) is 13.4. The lowest BCUT2D eigenvalue weighted by Gasteiger charge is -2.02. The van der Waals surface area contributed by atoms with E-state index in [1.165, 1.54) is 4.88 Å². The molecule has 0 amide bonds. The number of halogens is 2. The molecular weight excluding hydrogens is 366 g/mol. The lowest BCUT2D eigenvalue weighted by atomic mass is 10.3. The van der Waals surface area contributed by atoms with E-state index in [0.29, 0.717) is 4.77 Å². The number of nitrogens with one attached hydrogen (secondary N) is 1. The molecule has 0 unspecified atom stereocenters. The van der Waals surface area contributed by atoms with Crippen LogP contribution in [0, 0.1) is 4.77 Å². The van der Waals surface area contributed by atoms with Crippen LogP contribution in [0.5, 0.6) is 0 Å². The highest BCUT2D eigenvalue weighted by Crippen LogP contribution is 2.23. The molecule has 0 spiro atoms. The number of hydrogen-bond acceptors (Lipinski definition) is 3. The Kier molecular flexibility index (Phi) is 3.75.